The van der Waals surface area contributed by atoms with E-state index >= 15 is 0 Å². The lowest BCUT2D eigenvalue weighted by atomic mass is 10.1. The van der Waals surface area contributed by atoms with E-state index < -0.39 is 46.9 Å². The number of anilines is 8. The molecule has 0 aliphatic heterocycles. The van der Waals surface area contributed by atoms with Crippen LogP contribution < -0.4 is 45.0 Å². The van der Waals surface area contributed by atoms with Crippen LogP contribution in [0, 0.1) is 0 Å². The van der Waals surface area contributed by atoms with Gasteiger partial charge in [-0.25, -0.2) is 44.1 Å². The van der Waals surface area contributed by atoms with Gasteiger partial charge in [0.1, 0.15) is 28.3 Å². The van der Waals surface area contributed by atoms with Gasteiger partial charge in [-0.15, -0.1) is 13.2 Å². The number of hydrogen-bond acceptors (Lipinski definition) is 17. The number of allylic oxidation sites excluding steroid dienone is 2. The zero-order valence-electron chi connectivity index (χ0n) is 58.3. The van der Waals surface area contributed by atoms with Crippen molar-refractivity contribution >= 4 is 97.9 Å². The van der Waals surface area contributed by atoms with E-state index in [2.05, 4.69) is 61.4 Å². The summed E-state index contributed by atoms with van der Waals surface area (Å²) in [5.74, 6) is -0.187. The maximum absolute atomic E-state index is 14.1. The Morgan fingerprint density at radius 3 is 1.29 bits per heavy atom. The summed E-state index contributed by atoms with van der Waals surface area (Å²) in [6, 6.07) is 26.2. The molecule has 0 saturated carbocycles. The van der Waals surface area contributed by atoms with Crippen molar-refractivity contribution in [1.29, 1.82) is 0 Å². The summed E-state index contributed by atoms with van der Waals surface area (Å²) in [6.07, 6.45) is 11.2. The lowest BCUT2D eigenvalue weighted by Crippen LogP contribution is -2.38. The Balaban J connectivity index is 0.000000276. The minimum Gasteiger partial charge on any atom is -0.494 e. The molecule has 24 nitrogen and oxygen atoms in total. The first-order valence-corrected chi connectivity index (χ1v) is 31.4. The van der Waals surface area contributed by atoms with Gasteiger partial charge in [-0.05, 0) is 118 Å². The third kappa shape index (κ3) is 18.7. The van der Waals surface area contributed by atoms with Gasteiger partial charge in [0.25, 0.3) is 0 Å². The molecule has 5 amide bonds. The van der Waals surface area contributed by atoms with Crippen LogP contribution in [-0.4, -0.2) is 149 Å². The highest BCUT2D eigenvalue weighted by Gasteiger charge is 2.34. The van der Waals surface area contributed by atoms with Crippen molar-refractivity contribution < 1.29 is 47.7 Å². The van der Waals surface area contributed by atoms with Crippen LogP contribution in [0.3, 0.4) is 0 Å². The van der Waals surface area contributed by atoms with Gasteiger partial charge in [0.05, 0.1) is 59.7 Å². The fraction of sp³-hybridized carbons (Fsp3) is 0.329. The van der Waals surface area contributed by atoms with Crippen LogP contribution in [0.1, 0.15) is 62.3 Å². The minimum absolute atomic E-state index is 0.0201. The SMILES string of the molecule is C=CCn1cc(-c2ccnc(N(C(=O)OC(C)(C)C)c3cc(NC(=O)C=C)c(N(C)CCN(C)C(=O)OC(C)(C)C)cc3OC)n2)c2ccccc21.C=CCn1cc(-c2ccnc(N(C(=O)OC(C)(C)C)c3cc(NC(=O)C=C)c(N(C)CCNC)cc3OC)n2)c2ccccc21. The summed E-state index contributed by atoms with van der Waals surface area (Å²) in [4.78, 5) is 92.5. The van der Waals surface area contributed by atoms with Gasteiger partial charge in [-0.2, -0.15) is 0 Å². The second kappa shape index (κ2) is 31.9. The van der Waals surface area contributed by atoms with E-state index in [-0.39, 0.29) is 29.0 Å². The standard InChI is InChI=1S/C39H49N7O6.C34H41N7O4/c1-12-20-45-25-27(26-16-14-15-17-30(26)45)28-18-19-40-35(42-28)46(37(49)52-39(6,7)8)32-23-29(41-34(47)13-2)31(24-33(32)50-11)43(9)21-22-44(10)36(48)51-38(3,4)5;1-9-18-40-22-24(23-13-11-12-14-27(23)40)25-15-16-36-32(38-25)41(33(43)45-34(3,4)5)29-20-26(37-31(42)10-2)28(21-30(29)44-8)39(7)19-17-35-6/h12-19,23-25H,1-2,20-22H2,3-11H3,(H,41,47);9-16,20-22,35H,1-2,17-19H2,3-8H3,(H,37,42). The Hall–Kier alpha value is -11.0. The van der Waals surface area contributed by atoms with Crippen molar-refractivity contribution in [2.24, 2.45) is 0 Å². The molecule has 0 fully saturated rings. The number of para-hydroxylation sites is 2. The second-order valence-corrected chi connectivity index (χ2v) is 25.4. The fourth-order valence-electron chi connectivity index (χ4n) is 10.1. The number of methoxy groups -OCH3 is 2. The first kappa shape index (κ1) is 73.4. The summed E-state index contributed by atoms with van der Waals surface area (Å²) in [6.45, 7) is 34.2. The zero-order chi connectivity index (χ0) is 71.1. The average Bonchev–Trinajstić information content (AvgIpc) is 1.15. The van der Waals surface area contributed by atoms with Crippen molar-refractivity contribution in [3.8, 4) is 34.0 Å². The molecule has 0 aliphatic carbocycles. The van der Waals surface area contributed by atoms with Crippen LogP contribution in [0.4, 0.5) is 60.4 Å². The highest BCUT2D eigenvalue weighted by atomic mass is 16.6. The molecule has 0 spiro atoms. The van der Waals surface area contributed by atoms with Gasteiger partial charge in [0.2, 0.25) is 23.7 Å². The number of carbonyl (C=O) groups is 5. The topological polar surface area (TPSA) is 245 Å². The Bertz CT molecular complexity index is 4190. The van der Waals surface area contributed by atoms with E-state index in [1.54, 1.807) is 118 Å². The average molecular weight is 1320 g/mol. The van der Waals surface area contributed by atoms with Gasteiger partial charge in [-0.3, -0.25) is 9.59 Å². The third-order valence-corrected chi connectivity index (χ3v) is 14.6. The quantitative estimate of drug-likeness (QED) is 0.0289. The van der Waals surface area contributed by atoms with Crippen molar-refractivity contribution in [1.82, 2.24) is 39.3 Å². The molecule has 0 aliphatic rings. The number of carbonyl (C=O) groups excluding carboxylic acids is 5. The third-order valence-electron chi connectivity index (χ3n) is 14.6. The van der Waals surface area contributed by atoms with E-state index in [4.69, 9.17) is 33.7 Å². The Morgan fingerprint density at radius 2 is 0.918 bits per heavy atom. The molecule has 0 unspecified atom stereocenters. The first-order valence-electron chi connectivity index (χ1n) is 31.4. The number of likely N-dealkylation sites (N-methyl/N-ethyl adjacent to an activating group) is 4. The number of nitrogens with one attached hydrogen (secondary N) is 3. The molecule has 97 heavy (non-hydrogen) atoms. The van der Waals surface area contributed by atoms with Gasteiger partial charge >= 0.3 is 18.3 Å². The molecule has 4 aromatic carbocycles. The summed E-state index contributed by atoms with van der Waals surface area (Å²) >= 11 is 0. The van der Waals surface area contributed by atoms with Crippen molar-refractivity contribution in [3.63, 3.8) is 0 Å². The lowest BCUT2D eigenvalue weighted by Gasteiger charge is -2.30. The van der Waals surface area contributed by atoms with E-state index in [0.717, 1.165) is 39.0 Å². The maximum atomic E-state index is 14.1. The number of benzene rings is 4. The predicted octanol–water partition coefficient (Wildman–Crippen LogP) is 13.9. The van der Waals surface area contributed by atoms with Gasteiger partial charge in [0.15, 0.2) is 0 Å². The number of nitrogens with zero attached hydrogens (tertiary/aromatic N) is 11. The van der Waals surface area contributed by atoms with Gasteiger partial charge < -0.3 is 63.5 Å². The fourth-order valence-corrected chi connectivity index (χ4v) is 10.1. The molecule has 4 heterocycles. The maximum Gasteiger partial charge on any atom is 0.422 e. The van der Waals surface area contributed by atoms with Crippen LogP contribution in [0.5, 0.6) is 11.5 Å². The van der Waals surface area contributed by atoms with E-state index in [1.165, 1.54) is 35.0 Å². The van der Waals surface area contributed by atoms with Gasteiger partial charge in [0, 0.05) is 130 Å². The van der Waals surface area contributed by atoms with Crippen LogP contribution in [0.2, 0.25) is 0 Å². The first-order chi connectivity index (χ1) is 46.0. The predicted molar refractivity (Wildman–Crippen MR) is 386 cm³/mol. The molecule has 4 aromatic heterocycles. The highest BCUT2D eigenvalue weighted by Crippen LogP contribution is 2.44. The van der Waals surface area contributed by atoms with Crippen LogP contribution in [-0.2, 0) is 36.9 Å². The Labute approximate surface area is 567 Å². The van der Waals surface area contributed by atoms with E-state index in [1.807, 2.05) is 104 Å². The smallest absolute Gasteiger partial charge is 0.422 e. The monoisotopic (exact) mass is 1320 g/mol. The molecular formula is C73H90N14O10. The minimum atomic E-state index is -0.876. The van der Waals surface area contributed by atoms with Crippen LogP contribution in [0.15, 0.2) is 160 Å². The number of hydrogen-bond donors (Lipinski definition) is 3. The van der Waals surface area contributed by atoms with Crippen molar-refractivity contribution in [2.45, 2.75) is 92.2 Å². The second-order valence-electron chi connectivity index (χ2n) is 25.4. The van der Waals surface area contributed by atoms with E-state index in [9.17, 15) is 24.0 Å². The number of fused-ring (bicyclic) bond motifs is 2. The molecule has 8 aromatic rings. The van der Waals surface area contributed by atoms with E-state index in [0.29, 0.717) is 79.2 Å². The molecular weight excluding hydrogens is 1230 g/mol. The number of aromatic nitrogens is 6. The summed E-state index contributed by atoms with van der Waals surface area (Å²) < 4.78 is 33.1. The molecule has 3 N–H and O–H groups in total. The molecule has 0 radical (unpaired) electrons. The van der Waals surface area contributed by atoms with Crippen molar-refractivity contribution in [3.05, 3.63) is 160 Å². The normalized spacial score (nSPS) is 11.3. The molecule has 0 atom stereocenters. The van der Waals surface area contributed by atoms with Crippen LogP contribution >= 0.6 is 0 Å². The Kier molecular flexibility index (Phi) is 24.2. The number of ether oxygens (including phenoxy) is 5. The zero-order valence-corrected chi connectivity index (χ0v) is 58.3. The number of rotatable bonds is 24. The number of amides is 5. The van der Waals surface area contributed by atoms with Gasteiger partial charge in [-0.1, -0.05) is 61.7 Å². The molecule has 512 valence electrons. The molecule has 24 heteroatoms. The molecule has 8 rings (SSSR count). The molecule has 0 bridgehead atoms. The summed E-state index contributed by atoms with van der Waals surface area (Å²) in [5.41, 5.74) is 5.05. The lowest BCUT2D eigenvalue weighted by molar-refractivity contribution is -0.112. The largest absolute Gasteiger partial charge is 0.494 e. The Morgan fingerprint density at radius 1 is 0.526 bits per heavy atom. The van der Waals surface area contributed by atoms with Crippen molar-refractivity contribution in [2.75, 3.05) is 98.8 Å². The van der Waals surface area contributed by atoms with Crippen LogP contribution in [0.25, 0.3) is 44.3 Å². The highest BCUT2D eigenvalue weighted by molar-refractivity contribution is 6.06. The molecule has 0 saturated heterocycles. The summed E-state index contributed by atoms with van der Waals surface area (Å²) in [7, 11) is 10.2. The summed E-state index contributed by atoms with van der Waals surface area (Å²) in [5, 5.41) is 10.8.